The predicted octanol–water partition coefficient (Wildman–Crippen LogP) is 3.78. The molecule has 6 nitrogen and oxygen atoms in total. The Morgan fingerprint density at radius 3 is 2.41 bits per heavy atom. The van der Waals surface area contributed by atoms with Gasteiger partial charge in [-0.15, -0.1) is 0 Å². The molecule has 32 heavy (non-hydrogen) atoms. The normalized spacial score (nSPS) is 19.6. The molecule has 0 N–H and O–H groups in total. The van der Waals surface area contributed by atoms with Gasteiger partial charge in [-0.1, -0.05) is 42.5 Å². The summed E-state index contributed by atoms with van der Waals surface area (Å²) in [6.45, 7) is 3.76. The maximum Gasteiger partial charge on any atom is 0.309 e. The lowest BCUT2D eigenvalue weighted by molar-refractivity contribution is -0.149. The van der Waals surface area contributed by atoms with E-state index < -0.39 is 0 Å². The molecule has 4 rings (SSSR count). The molecule has 0 radical (unpaired) electrons. The lowest BCUT2D eigenvalue weighted by Gasteiger charge is -2.31. The van der Waals surface area contributed by atoms with Crippen molar-refractivity contribution in [3.05, 3.63) is 71.5 Å². The molecule has 2 aromatic carbocycles. The van der Waals surface area contributed by atoms with Crippen molar-refractivity contribution in [2.45, 2.75) is 32.2 Å². The number of ether oxygens (including phenoxy) is 1. The fourth-order valence-corrected chi connectivity index (χ4v) is 4.34. The Balaban J connectivity index is 1.47. The Hall–Kier alpha value is -3.06. The number of amides is 1. The molecule has 0 spiro atoms. The molecular weight excluding hydrogens is 409 g/mol. The van der Waals surface area contributed by atoms with E-state index in [1.807, 2.05) is 37.3 Å². The smallest absolute Gasteiger partial charge is 0.309 e. The molecule has 2 aromatic rings. The fraction of sp³-hybridized carbons (Fsp3) is 0.400. The summed E-state index contributed by atoms with van der Waals surface area (Å²) in [6, 6.07) is 15.8. The molecule has 0 unspecified atom stereocenters. The van der Waals surface area contributed by atoms with E-state index in [4.69, 9.17) is 4.74 Å². The first-order valence-electron chi connectivity index (χ1n) is 11.1. The SMILES string of the molecule is CCOC(=O)C1CCN(CC(=O)N2N=C(c3ccccc3)C[C@@H]2c2ccc(F)cc2)CC1. The number of rotatable bonds is 6. The number of benzene rings is 2. The van der Waals surface area contributed by atoms with E-state index in [1.165, 1.54) is 12.1 Å². The Morgan fingerprint density at radius 1 is 1.06 bits per heavy atom. The van der Waals surface area contributed by atoms with E-state index in [9.17, 15) is 14.0 Å². The van der Waals surface area contributed by atoms with Crippen molar-refractivity contribution in [3.8, 4) is 0 Å². The number of likely N-dealkylation sites (tertiary alicyclic amines) is 1. The lowest BCUT2D eigenvalue weighted by atomic mass is 9.97. The number of carbonyl (C=O) groups excluding carboxylic acids is 2. The molecule has 0 bridgehead atoms. The van der Waals surface area contributed by atoms with Gasteiger partial charge in [-0.3, -0.25) is 14.5 Å². The first-order valence-corrected chi connectivity index (χ1v) is 11.1. The summed E-state index contributed by atoms with van der Waals surface area (Å²) in [7, 11) is 0. The van der Waals surface area contributed by atoms with Gasteiger partial charge in [0, 0.05) is 6.42 Å². The minimum atomic E-state index is -0.307. The third-order valence-electron chi connectivity index (χ3n) is 6.09. The minimum Gasteiger partial charge on any atom is -0.466 e. The second-order valence-electron chi connectivity index (χ2n) is 8.22. The highest BCUT2D eigenvalue weighted by Gasteiger charge is 2.35. The molecular formula is C25H28FN3O3. The molecule has 1 atom stereocenters. The third kappa shape index (κ3) is 5.05. The van der Waals surface area contributed by atoms with Crippen LogP contribution in [0, 0.1) is 11.7 Å². The number of hydrazone groups is 1. The predicted molar refractivity (Wildman–Crippen MR) is 119 cm³/mol. The Labute approximate surface area is 187 Å². The zero-order valence-corrected chi connectivity index (χ0v) is 18.2. The van der Waals surface area contributed by atoms with Gasteiger partial charge in [-0.25, -0.2) is 9.40 Å². The molecule has 2 heterocycles. The monoisotopic (exact) mass is 437 g/mol. The number of halogens is 1. The largest absolute Gasteiger partial charge is 0.466 e. The average molecular weight is 438 g/mol. The highest BCUT2D eigenvalue weighted by molar-refractivity contribution is 6.03. The highest BCUT2D eigenvalue weighted by Crippen LogP contribution is 2.33. The van der Waals surface area contributed by atoms with Crippen LogP contribution in [0.4, 0.5) is 4.39 Å². The average Bonchev–Trinajstić information content (AvgIpc) is 3.26. The molecule has 1 amide bonds. The number of piperidine rings is 1. The van der Waals surface area contributed by atoms with Crippen LogP contribution in [0.3, 0.4) is 0 Å². The molecule has 2 aliphatic heterocycles. The van der Waals surface area contributed by atoms with E-state index in [-0.39, 0.29) is 36.2 Å². The molecule has 7 heteroatoms. The van der Waals surface area contributed by atoms with Gasteiger partial charge < -0.3 is 4.74 Å². The van der Waals surface area contributed by atoms with Crippen LogP contribution in [-0.2, 0) is 14.3 Å². The summed E-state index contributed by atoms with van der Waals surface area (Å²) in [5.41, 5.74) is 2.68. The summed E-state index contributed by atoms with van der Waals surface area (Å²) in [4.78, 5) is 27.3. The number of nitrogens with zero attached hydrogens (tertiary/aromatic N) is 3. The molecule has 2 aliphatic rings. The number of carbonyl (C=O) groups is 2. The van der Waals surface area contributed by atoms with Crippen LogP contribution in [-0.4, -0.2) is 53.7 Å². The van der Waals surface area contributed by atoms with Gasteiger partial charge in [-0.2, -0.15) is 5.10 Å². The quantitative estimate of drug-likeness (QED) is 0.646. The minimum absolute atomic E-state index is 0.0947. The van der Waals surface area contributed by atoms with E-state index in [2.05, 4.69) is 10.0 Å². The first-order chi connectivity index (χ1) is 15.5. The van der Waals surface area contributed by atoms with Gasteiger partial charge in [0.25, 0.3) is 5.91 Å². The second-order valence-corrected chi connectivity index (χ2v) is 8.22. The van der Waals surface area contributed by atoms with Crippen molar-refractivity contribution in [2.75, 3.05) is 26.2 Å². The molecule has 0 aromatic heterocycles. The van der Waals surface area contributed by atoms with Crippen LogP contribution in [0.5, 0.6) is 0 Å². The maximum atomic E-state index is 13.5. The molecule has 168 valence electrons. The van der Waals surface area contributed by atoms with Crippen LogP contribution in [0.25, 0.3) is 0 Å². The van der Waals surface area contributed by atoms with Gasteiger partial charge in [0.05, 0.1) is 30.8 Å². The van der Waals surface area contributed by atoms with Crippen molar-refractivity contribution in [3.63, 3.8) is 0 Å². The van der Waals surface area contributed by atoms with Gasteiger partial charge in [0.1, 0.15) is 5.82 Å². The third-order valence-corrected chi connectivity index (χ3v) is 6.09. The van der Waals surface area contributed by atoms with Crippen molar-refractivity contribution in [2.24, 2.45) is 11.0 Å². The molecule has 1 saturated heterocycles. The second kappa shape index (κ2) is 10.0. The van der Waals surface area contributed by atoms with E-state index in [0.29, 0.717) is 39.0 Å². The zero-order chi connectivity index (χ0) is 22.5. The standard InChI is InChI=1S/C25H28FN3O3/c1-2-32-25(31)20-12-14-28(15-13-20)17-24(30)29-23(19-8-10-21(26)11-9-19)16-22(27-29)18-6-4-3-5-7-18/h3-11,20,23H,2,12-17H2,1H3/t23-/m1/s1. The van der Waals surface area contributed by atoms with Gasteiger partial charge in [0.2, 0.25) is 0 Å². The van der Waals surface area contributed by atoms with Crippen LogP contribution in [0.2, 0.25) is 0 Å². The van der Waals surface area contributed by atoms with Gasteiger partial charge >= 0.3 is 5.97 Å². The van der Waals surface area contributed by atoms with Gasteiger partial charge in [-0.05, 0) is 56.1 Å². The fourth-order valence-electron chi connectivity index (χ4n) is 4.34. The highest BCUT2D eigenvalue weighted by atomic mass is 19.1. The van der Waals surface area contributed by atoms with Crippen molar-refractivity contribution in [1.82, 2.24) is 9.91 Å². The summed E-state index contributed by atoms with van der Waals surface area (Å²) in [6.07, 6.45) is 1.95. The molecule has 1 fully saturated rings. The maximum absolute atomic E-state index is 13.5. The van der Waals surface area contributed by atoms with Crippen molar-refractivity contribution >= 4 is 17.6 Å². The number of hydrogen-bond donors (Lipinski definition) is 0. The number of esters is 1. The lowest BCUT2D eigenvalue weighted by Crippen LogP contribution is -2.43. The van der Waals surface area contributed by atoms with Crippen LogP contribution in [0.15, 0.2) is 59.7 Å². The Morgan fingerprint density at radius 2 is 1.75 bits per heavy atom. The van der Waals surface area contributed by atoms with Crippen molar-refractivity contribution < 1.29 is 18.7 Å². The van der Waals surface area contributed by atoms with E-state index in [1.54, 1.807) is 17.1 Å². The zero-order valence-electron chi connectivity index (χ0n) is 18.2. The molecule has 0 saturated carbocycles. The topological polar surface area (TPSA) is 62.2 Å². The van der Waals surface area contributed by atoms with Gasteiger partial charge in [0.15, 0.2) is 0 Å². The van der Waals surface area contributed by atoms with Crippen LogP contribution >= 0.6 is 0 Å². The Kier molecular flexibility index (Phi) is 6.95. The number of hydrogen-bond acceptors (Lipinski definition) is 5. The molecule has 0 aliphatic carbocycles. The van der Waals surface area contributed by atoms with Crippen molar-refractivity contribution in [1.29, 1.82) is 0 Å². The summed E-state index contributed by atoms with van der Waals surface area (Å²) < 4.78 is 18.6. The Bertz CT molecular complexity index is 970. The summed E-state index contributed by atoms with van der Waals surface area (Å²) in [5.74, 6) is -0.646. The van der Waals surface area contributed by atoms with Crippen LogP contribution in [0.1, 0.15) is 43.4 Å². The van der Waals surface area contributed by atoms with Crippen LogP contribution < -0.4 is 0 Å². The van der Waals surface area contributed by atoms with E-state index in [0.717, 1.165) is 16.8 Å². The summed E-state index contributed by atoms with van der Waals surface area (Å²) >= 11 is 0. The first kappa shape index (κ1) is 22.1. The summed E-state index contributed by atoms with van der Waals surface area (Å²) in [5, 5.41) is 6.23. The van der Waals surface area contributed by atoms with E-state index >= 15 is 0 Å².